The van der Waals surface area contributed by atoms with E-state index >= 15 is 0 Å². The molecule has 0 aliphatic heterocycles. The summed E-state index contributed by atoms with van der Waals surface area (Å²) >= 11 is 8.67. The number of ether oxygens (including phenoxy) is 1. The van der Waals surface area contributed by atoms with Gasteiger partial charge in [-0.3, -0.25) is 10.1 Å². The minimum Gasteiger partial charge on any atom is -0.440 e. The maximum atomic E-state index is 13.8. The number of benzene rings is 2. The molecule has 0 amide bonds. The summed E-state index contributed by atoms with van der Waals surface area (Å²) in [4.78, 5) is 22.8. The van der Waals surface area contributed by atoms with Crippen LogP contribution in [0.4, 0.5) is 18.9 Å². The molecule has 0 radical (unpaired) electrons. The maximum absolute atomic E-state index is 13.8. The van der Waals surface area contributed by atoms with Crippen molar-refractivity contribution in [2.24, 2.45) is 0 Å². The van der Waals surface area contributed by atoms with E-state index in [2.05, 4.69) is 15.9 Å². The van der Waals surface area contributed by atoms with Crippen molar-refractivity contribution < 1.29 is 27.6 Å². The van der Waals surface area contributed by atoms with Crippen LogP contribution in [0.5, 0.6) is 0 Å². The molecule has 7 nitrogen and oxygen atoms in total. The number of hydrogen-bond donors (Lipinski definition) is 0. The predicted molar refractivity (Wildman–Crippen MR) is 111 cm³/mol. The van der Waals surface area contributed by atoms with Crippen LogP contribution < -0.4 is 0 Å². The SMILES string of the molecule is N#Cc1c(Br)c(C(F)(F)F)n(COC(=O)c2ccccc2[N+](=O)[O-])c1-c1ccc(Cl)cc1. The van der Waals surface area contributed by atoms with Crippen molar-refractivity contribution >= 4 is 39.2 Å². The number of rotatable bonds is 5. The second-order valence-electron chi connectivity index (χ2n) is 6.27. The zero-order valence-electron chi connectivity index (χ0n) is 15.7. The molecule has 0 saturated heterocycles. The van der Waals surface area contributed by atoms with Crippen LogP contribution in [0.1, 0.15) is 21.6 Å². The topological polar surface area (TPSA) is 98.2 Å². The molecule has 1 aromatic heterocycles. The van der Waals surface area contributed by atoms with E-state index in [0.29, 0.717) is 9.59 Å². The van der Waals surface area contributed by atoms with E-state index in [4.69, 9.17) is 16.3 Å². The van der Waals surface area contributed by atoms with Gasteiger partial charge in [0.1, 0.15) is 17.3 Å². The van der Waals surface area contributed by atoms with Gasteiger partial charge in [0.15, 0.2) is 6.73 Å². The van der Waals surface area contributed by atoms with Crippen molar-refractivity contribution in [3.63, 3.8) is 0 Å². The van der Waals surface area contributed by atoms with Crippen LogP contribution in [0, 0.1) is 21.4 Å². The Morgan fingerprint density at radius 2 is 1.84 bits per heavy atom. The monoisotopic (exact) mass is 527 g/mol. The van der Waals surface area contributed by atoms with Crippen LogP contribution in [0.3, 0.4) is 0 Å². The van der Waals surface area contributed by atoms with Gasteiger partial charge < -0.3 is 9.30 Å². The van der Waals surface area contributed by atoms with E-state index in [1.807, 2.05) is 0 Å². The van der Waals surface area contributed by atoms with E-state index in [-0.39, 0.29) is 16.8 Å². The number of nitrogens with zero attached hydrogens (tertiary/aromatic N) is 3. The maximum Gasteiger partial charge on any atom is 0.432 e. The molecule has 1 heterocycles. The molecule has 0 saturated carbocycles. The molecular formula is C20H10BrClF3N3O4. The number of carbonyl (C=O) groups excluding carboxylic acids is 1. The lowest BCUT2D eigenvalue weighted by Gasteiger charge is -2.16. The first kappa shape index (κ1) is 23.3. The smallest absolute Gasteiger partial charge is 0.432 e. The summed E-state index contributed by atoms with van der Waals surface area (Å²) < 4.78 is 46.6. The molecule has 0 unspecified atom stereocenters. The number of hydrogen-bond acceptors (Lipinski definition) is 5. The number of nitro groups is 1. The first-order valence-corrected chi connectivity index (χ1v) is 9.79. The molecule has 0 aliphatic carbocycles. The Morgan fingerprint density at radius 1 is 1.22 bits per heavy atom. The van der Waals surface area contributed by atoms with Crippen molar-refractivity contribution in [3.8, 4) is 17.3 Å². The highest BCUT2D eigenvalue weighted by molar-refractivity contribution is 9.10. The van der Waals surface area contributed by atoms with Crippen LogP contribution in [-0.4, -0.2) is 15.5 Å². The van der Waals surface area contributed by atoms with Crippen LogP contribution in [0.15, 0.2) is 53.0 Å². The van der Waals surface area contributed by atoms with Gasteiger partial charge in [-0.25, -0.2) is 4.79 Å². The van der Waals surface area contributed by atoms with Crippen LogP contribution in [0.25, 0.3) is 11.3 Å². The number of halogens is 5. The summed E-state index contributed by atoms with van der Waals surface area (Å²) in [5.41, 5.74) is -2.53. The number of esters is 1. The molecule has 0 spiro atoms. The third-order valence-electron chi connectivity index (χ3n) is 4.35. The average Bonchev–Trinajstić information content (AvgIpc) is 3.04. The van der Waals surface area contributed by atoms with E-state index in [0.717, 1.165) is 12.1 Å². The molecule has 0 aliphatic rings. The molecule has 0 N–H and O–H groups in total. The number of carbonyl (C=O) groups is 1. The molecule has 32 heavy (non-hydrogen) atoms. The number of para-hydroxylation sites is 1. The van der Waals surface area contributed by atoms with Gasteiger partial charge in [0, 0.05) is 11.1 Å². The molecule has 164 valence electrons. The van der Waals surface area contributed by atoms with Crippen molar-refractivity contribution in [1.29, 1.82) is 5.26 Å². The van der Waals surface area contributed by atoms with Crippen molar-refractivity contribution in [1.82, 2.24) is 4.57 Å². The van der Waals surface area contributed by atoms with Gasteiger partial charge in [0.25, 0.3) is 5.69 Å². The second-order valence-corrected chi connectivity index (χ2v) is 7.50. The van der Waals surface area contributed by atoms with Crippen LogP contribution in [-0.2, 0) is 17.6 Å². The third kappa shape index (κ3) is 4.46. The fourth-order valence-corrected chi connectivity index (χ4v) is 3.85. The lowest BCUT2D eigenvalue weighted by atomic mass is 10.1. The quantitative estimate of drug-likeness (QED) is 0.224. The first-order chi connectivity index (χ1) is 15.1. The van der Waals surface area contributed by atoms with Gasteiger partial charge in [0.05, 0.1) is 20.7 Å². The molecule has 2 aromatic carbocycles. The van der Waals surface area contributed by atoms with E-state index in [9.17, 15) is 33.3 Å². The number of aromatic nitrogens is 1. The Balaban J connectivity index is 2.11. The van der Waals surface area contributed by atoms with Gasteiger partial charge in [-0.1, -0.05) is 35.9 Å². The molecule has 3 rings (SSSR count). The molecule has 0 atom stereocenters. The zero-order chi connectivity index (χ0) is 23.6. The summed E-state index contributed by atoms with van der Waals surface area (Å²) in [6.07, 6.45) is -4.92. The molecule has 12 heteroatoms. The lowest BCUT2D eigenvalue weighted by Crippen LogP contribution is -2.19. The van der Waals surface area contributed by atoms with Crippen molar-refractivity contribution in [2.45, 2.75) is 12.9 Å². The molecular weight excluding hydrogens is 519 g/mol. The zero-order valence-corrected chi connectivity index (χ0v) is 18.0. The molecule has 0 fully saturated rings. The fraction of sp³-hybridized carbons (Fsp3) is 0.100. The van der Waals surface area contributed by atoms with E-state index in [1.54, 1.807) is 6.07 Å². The van der Waals surface area contributed by atoms with Gasteiger partial charge in [-0.05, 0) is 39.7 Å². The summed E-state index contributed by atoms with van der Waals surface area (Å²) in [6, 6.07) is 12.3. The normalized spacial score (nSPS) is 11.1. The Morgan fingerprint density at radius 3 is 2.41 bits per heavy atom. The molecule has 3 aromatic rings. The highest BCUT2D eigenvalue weighted by Gasteiger charge is 2.41. The third-order valence-corrected chi connectivity index (χ3v) is 5.37. The minimum absolute atomic E-state index is 0.168. The van der Waals surface area contributed by atoms with Gasteiger partial charge in [-0.15, -0.1) is 0 Å². The highest BCUT2D eigenvalue weighted by atomic mass is 79.9. The van der Waals surface area contributed by atoms with Crippen molar-refractivity contribution in [3.05, 3.63) is 85.0 Å². The minimum atomic E-state index is -4.92. The van der Waals surface area contributed by atoms with Crippen molar-refractivity contribution in [2.75, 3.05) is 0 Å². The van der Waals surface area contributed by atoms with Gasteiger partial charge in [0.2, 0.25) is 0 Å². The number of nitro benzene ring substituents is 1. The van der Waals surface area contributed by atoms with Gasteiger partial charge >= 0.3 is 12.1 Å². The average molecular weight is 529 g/mol. The van der Waals surface area contributed by atoms with Gasteiger partial charge in [-0.2, -0.15) is 18.4 Å². The summed E-state index contributed by atoms with van der Waals surface area (Å²) in [6.45, 7) is -0.960. The lowest BCUT2D eigenvalue weighted by molar-refractivity contribution is -0.385. The van der Waals surface area contributed by atoms with Crippen LogP contribution in [0.2, 0.25) is 5.02 Å². The number of alkyl halides is 3. The predicted octanol–water partition coefficient (Wildman–Crippen LogP) is 6.18. The van der Waals surface area contributed by atoms with E-state index in [1.165, 1.54) is 36.4 Å². The standard InChI is InChI=1S/C20H10BrClF3N3O4/c21-16-14(9-26)17(11-5-7-12(22)8-6-11)27(18(16)20(23,24)25)10-32-19(29)13-3-1-2-4-15(13)28(30)31/h1-8H,10H2. The molecule has 0 bridgehead atoms. The van der Waals surface area contributed by atoms with Crippen LogP contribution >= 0.6 is 27.5 Å². The first-order valence-electron chi connectivity index (χ1n) is 8.62. The Labute approximate surface area is 191 Å². The number of nitriles is 1. The fourth-order valence-electron chi connectivity index (χ4n) is 3.01. The Hall–Kier alpha value is -3.36. The van der Waals surface area contributed by atoms with E-state index < -0.39 is 45.2 Å². The second kappa shape index (κ2) is 9.02. The summed E-state index contributed by atoms with van der Waals surface area (Å²) in [5.74, 6) is -1.20. The largest absolute Gasteiger partial charge is 0.440 e. The highest BCUT2D eigenvalue weighted by Crippen LogP contribution is 2.43. The summed E-state index contributed by atoms with van der Waals surface area (Å²) in [7, 11) is 0. The Bertz CT molecular complexity index is 1250. The Kier molecular flexibility index (Phi) is 6.57. The summed E-state index contributed by atoms with van der Waals surface area (Å²) in [5, 5.41) is 21.0.